The maximum atomic E-state index is 13.6. The normalized spacial score (nSPS) is 25.3. The van der Waals surface area contributed by atoms with Crippen LogP contribution in [0.2, 0.25) is 0 Å². The summed E-state index contributed by atoms with van der Waals surface area (Å²) in [6, 6.07) is 9.23. The van der Waals surface area contributed by atoms with E-state index in [4.69, 9.17) is 4.74 Å². The largest absolute Gasteiger partial charge is 0.490 e. The van der Waals surface area contributed by atoms with Gasteiger partial charge < -0.3 is 14.7 Å². The second kappa shape index (κ2) is 9.72. The Hall–Kier alpha value is -1.97. The zero-order chi connectivity index (χ0) is 23.6. The summed E-state index contributed by atoms with van der Waals surface area (Å²) in [5.41, 5.74) is 0.0146. The predicted molar refractivity (Wildman–Crippen MR) is 131 cm³/mol. The Bertz CT molecular complexity index is 1050. The number of anilines is 1. The van der Waals surface area contributed by atoms with Crippen molar-refractivity contribution in [3.8, 4) is 0 Å². The van der Waals surface area contributed by atoms with Crippen molar-refractivity contribution < 1.29 is 23.1 Å². The van der Waals surface area contributed by atoms with Crippen LogP contribution in [-0.2, 0) is 19.6 Å². The van der Waals surface area contributed by atoms with Crippen molar-refractivity contribution in [3.63, 3.8) is 0 Å². The number of unbranched alkanes of at least 4 members (excludes halogenated alkanes) is 1. The van der Waals surface area contributed by atoms with Gasteiger partial charge >= 0.3 is 5.97 Å². The summed E-state index contributed by atoms with van der Waals surface area (Å²) < 4.78 is 36.1. The van der Waals surface area contributed by atoms with Crippen LogP contribution < -0.4 is 9.62 Å². The van der Waals surface area contributed by atoms with Gasteiger partial charge in [-0.1, -0.05) is 44.9 Å². The predicted octanol–water partition coefficient (Wildman–Crippen LogP) is 4.44. The van der Waals surface area contributed by atoms with Gasteiger partial charge in [0.2, 0.25) is 10.0 Å². The van der Waals surface area contributed by atoms with Gasteiger partial charge in [-0.05, 0) is 43.6 Å². The number of aliphatic carboxylic acids is 1. The molecule has 180 valence electrons. The fourth-order valence-electron chi connectivity index (χ4n) is 4.46. The molecule has 2 heterocycles. The highest BCUT2D eigenvalue weighted by Crippen LogP contribution is 2.48. The maximum absolute atomic E-state index is 13.6. The van der Waals surface area contributed by atoms with Crippen LogP contribution in [0.1, 0.15) is 52.4 Å². The van der Waals surface area contributed by atoms with E-state index in [2.05, 4.69) is 11.6 Å². The first-order valence-corrected chi connectivity index (χ1v) is 14.1. The molecule has 1 saturated carbocycles. The molecule has 0 bridgehead atoms. The van der Waals surface area contributed by atoms with Crippen LogP contribution in [0.4, 0.5) is 5.69 Å². The highest BCUT2D eigenvalue weighted by atomic mass is 32.2. The standard InChI is InChI=1S/C24H32N2O5S2/c1-3-5-9-17-14-19-22(33(29,30)25-17)21(31-16-24(12-13-24)23(27)28)20(32-4-2)15-26(19)18-10-7-6-8-11-18/h6-8,10-11,15,17,19,25H,3-5,9,12-14,16H2,1-2H3,(H,27,28). The van der Waals surface area contributed by atoms with Crippen molar-refractivity contribution in [2.45, 2.75) is 64.5 Å². The van der Waals surface area contributed by atoms with E-state index in [1.54, 1.807) is 0 Å². The number of benzene rings is 1. The lowest BCUT2D eigenvalue weighted by Gasteiger charge is -2.42. The van der Waals surface area contributed by atoms with Crippen LogP contribution in [-0.4, -0.2) is 43.9 Å². The third-order valence-electron chi connectivity index (χ3n) is 6.52. The number of hydrogen-bond acceptors (Lipinski definition) is 6. The molecule has 3 aliphatic rings. The number of carboxylic acid groups (broad SMARTS) is 1. The lowest BCUT2D eigenvalue weighted by molar-refractivity contribution is -0.145. The van der Waals surface area contributed by atoms with Gasteiger partial charge in [0.05, 0.1) is 10.9 Å². The van der Waals surface area contributed by atoms with E-state index < -0.39 is 27.4 Å². The Morgan fingerprint density at radius 2 is 2.00 bits per heavy atom. The number of para-hydroxylation sites is 1. The highest BCUT2D eigenvalue weighted by molar-refractivity contribution is 8.03. The molecule has 33 heavy (non-hydrogen) atoms. The van der Waals surface area contributed by atoms with Crippen molar-refractivity contribution in [1.82, 2.24) is 4.72 Å². The van der Waals surface area contributed by atoms with E-state index in [0.29, 0.717) is 29.9 Å². The highest BCUT2D eigenvalue weighted by Gasteiger charge is 2.52. The quantitative estimate of drug-likeness (QED) is 0.498. The lowest BCUT2D eigenvalue weighted by Crippen LogP contribution is -2.53. The second-order valence-electron chi connectivity index (χ2n) is 8.95. The Kier molecular flexibility index (Phi) is 7.12. The van der Waals surface area contributed by atoms with Crippen LogP contribution in [0.5, 0.6) is 0 Å². The minimum absolute atomic E-state index is 0.0182. The first kappa shape index (κ1) is 24.2. The number of fused-ring (bicyclic) bond motifs is 1. The van der Waals surface area contributed by atoms with Gasteiger partial charge in [-0.2, -0.15) is 0 Å². The van der Waals surface area contributed by atoms with Crippen molar-refractivity contribution >= 4 is 33.4 Å². The molecule has 9 heteroatoms. The molecule has 1 aliphatic carbocycles. The van der Waals surface area contributed by atoms with E-state index in [9.17, 15) is 18.3 Å². The summed E-state index contributed by atoms with van der Waals surface area (Å²) in [7, 11) is -3.81. The van der Waals surface area contributed by atoms with Crippen molar-refractivity contribution in [2.24, 2.45) is 5.41 Å². The van der Waals surface area contributed by atoms with Crippen LogP contribution in [0.3, 0.4) is 0 Å². The van der Waals surface area contributed by atoms with Gasteiger partial charge in [0.25, 0.3) is 0 Å². The Labute approximate surface area is 200 Å². The molecule has 0 aromatic heterocycles. The van der Waals surface area contributed by atoms with Crippen LogP contribution >= 0.6 is 11.8 Å². The fraction of sp³-hybridized carbons (Fsp3) is 0.542. The van der Waals surface area contributed by atoms with Crippen LogP contribution in [0, 0.1) is 5.41 Å². The summed E-state index contributed by atoms with van der Waals surface area (Å²) in [4.78, 5) is 14.7. The maximum Gasteiger partial charge on any atom is 0.313 e. The third-order valence-corrected chi connectivity index (χ3v) is 9.09. The molecule has 0 radical (unpaired) electrons. The van der Waals surface area contributed by atoms with Gasteiger partial charge in [-0.25, -0.2) is 13.1 Å². The first-order chi connectivity index (χ1) is 15.8. The molecular weight excluding hydrogens is 460 g/mol. The fourth-order valence-corrected chi connectivity index (χ4v) is 7.08. The van der Waals surface area contributed by atoms with Crippen molar-refractivity contribution in [2.75, 3.05) is 17.3 Å². The summed E-state index contributed by atoms with van der Waals surface area (Å²) in [5.74, 6) is 0.160. The van der Waals surface area contributed by atoms with Crippen LogP contribution in [0.25, 0.3) is 0 Å². The molecule has 2 atom stereocenters. The van der Waals surface area contributed by atoms with E-state index in [1.807, 2.05) is 48.4 Å². The zero-order valence-electron chi connectivity index (χ0n) is 19.1. The second-order valence-corrected chi connectivity index (χ2v) is 11.9. The summed E-state index contributed by atoms with van der Waals surface area (Å²) in [5, 5.41) is 9.59. The summed E-state index contributed by atoms with van der Waals surface area (Å²) >= 11 is 1.51. The molecule has 7 nitrogen and oxygen atoms in total. The minimum Gasteiger partial charge on any atom is -0.490 e. The molecule has 1 aromatic carbocycles. The van der Waals surface area contributed by atoms with Crippen LogP contribution in [0.15, 0.2) is 52.1 Å². The average Bonchev–Trinajstić information content (AvgIpc) is 3.58. The number of nitrogens with zero attached hydrogens (tertiary/aromatic N) is 1. The average molecular weight is 493 g/mol. The van der Waals surface area contributed by atoms with Gasteiger partial charge in [0.1, 0.15) is 16.9 Å². The van der Waals surface area contributed by atoms with Gasteiger partial charge in [0.15, 0.2) is 5.76 Å². The van der Waals surface area contributed by atoms with E-state index in [1.165, 1.54) is 11.8 Å². The molecule has 2 N–H and O–H groups in total. The van der Waals surface area contributed by atoms with E-state index in [0.717, 1.165) is 30.7 Å². The number of sulfonamides is 1. The minimum atomic E-state index is -3.81. The number of thioether (sulfide) groups is 1. The van der Waals surface area contributed by atoms with Crippen molar-refractivity contribution in [3.05, 3.63) is 52.1 Å². The third kappa shape index (κ3) is 4.95. The number of ether oxygens (including phenoxy) is 1. The molecular formula is C24H32N2O5S2. The molecule has 0 amide bonds. The number of carboxylic acids is 1. The number of carbonyl (C=O) groups is 1. The number of rotatable bonds is 10. The number of hydrogen-bond donors (Lipinski definition) is 2. The molecule has 2 unspecified atom stereocenters. The molecule has 0 spiro atoms. The first-order valence-electron chi connectivity index (χ1n) is 11.6. The lowest BCUT2D eigenvalue weighted by atomic mass is 9.98. The molecule has 2 fully saturated rings. The molecule has 1 aromatic rings. The Morgan fingerprint density at radius 1 is 1.27 bits per heavy atom. The number of nitrogens with one attached hydrogen (secondary N) is 1. The van der Waals surface area contributed by atoms with Gasteiger partial charge in [0, 0.05) is 17.9 Å². The topological polar surface area (TPSA) is 95.9 Å². The molecule has 2 aliphatic heterocycles. The SMILES string of the molecule is CCCCC1CC2C(=C(OCC3(C(=O)O)CC3)C(SCC)=CN2c2ccccc2)S(=O)(=O)N1. The Balaban J connectivity index is 1.77. The Morgan fingerprint density at radius 3 is 2.61 bits per heavy atom. The molecule has 4 rings (SSSR count). The van der Waals surface area contributed by atoms with E-state index >= 15 is 0 Å². The monoisotopic (exact) mass is 492 g/mol. The summed E-state index contributed by atoms with van der Waals surface area (Å²) in [6.07, 6.45) is 6.42. The zero-order valence-corrected chi connectivity index (χ0v) is 20.8. The van der Waals surface area contributed by atoms with Gasteiger partial charge in [-0.15, -0.1) is 11.8 Å². The van der Waals surface area contributed by atoms with Gasteiger partial charge in [-0.3, -0.25) is 4.79 Å². The van der Waals surface area contributed by atoms with Crippen molar-refractivity contribution in [1.29, 1.82) is 0 Å². The smallest absolute Gasteiger partial charge is 0.313 e. The molecule has 1 saturated heterocycles. The van der Waals surface area contributed by atoms with E-state index in [-0.39, 0.29) is 17.6 Å². The summed E-state index contributed by atoms with van der Waals surface area (Å²) in [6.45, 7) is 4.08.